The fourth-order valence-corrected chi connectivity index (χ4v) is 2.47. The summed E-state index contributed by atoms with van der Waals surface area (Å²) in [6, 6.07) is 10.5. The highest BCUT2D eigenvalue weighted by Crippen LogP contribution is 2.27. The van der Waals surface area contributed by atoms with Crippen LogP contribution in [-0.4, -0.2) is 36.1 Å². The molecule has 2 aromatic carbocycles. The Hall–Kier alpha value is -3.99. The van der Waals surface area contributed by atoms with Gasteiger partial charge in [0.2, 0.25) is 5.91 Å². The largest absolute Gasteiger partial charge is 0.493 e. The molecule has 10 nitrogen and oxygen atoms in total. The minimum absolute atomic E-state index is 0.155. The van der Waals surface area contributed by atoms with Crippen LogP contribution in [0.4, 0.5) is 5.69 Å². The van der Waals surface area contributed by atoms with Gasteiger partial charge in [0.25, 0.3) is 11.6 Å². The number of nitrogens with zero attached hydrogens (tertiary/aromatic N) is 1. The number of hydrazine groups is 1. The number of rotatable bonds is 6. The number of nitrogens with one attached hydrogen (secondary N) is 3. The Morgan fingerprint density at radius 3 is 2.43 bits per heavy atom. The lowest BCUT2D eigenvalue weighted by molar-refractivity contribution is -0.385. The molecule has 0 aromatic heterocycles. The van der Waals surface area contributed by atoms with Crippen molar-refractivity contribution in [3.63, 3.8) is 0 Å². The summed E-state index contributed by atoms with van der Waals surface area (Å²) in [5, 5.41) is 13.1. The molecule has 0 bridgehead atoms. The van der Waals surface area contributed by atoms with E-state index in [1.54, 1.807) is 18.2 Å². The van der Waals surface area contributed by atoms with E-state index >= 15 is 0 Å². The minimum Gasteiger partial charge on any atom is -0.493 e. The summed E-state index contributed by atoms with van der Waals surface area (Å²) in [6.07, 6.45) is 2.77. The van der Waals surface area contributed by atoms with E-state index in [2.05, 4.69) is 16.2 Å². The fraction of sp³-hybridized carbons (Fsp3) is 0.105. The standard InChI is InChI=1S/C19H18N4O6S/c1-28-15-9-7-12(11-16(15)29-2)8-10-17(24)20-19(30)22-21-18(25)13-5-3-4-6-14(13)23(26)27/h3-11H,1-2H3,(H,21,25)(H2,20,22,24,30)/b10-8+. The average Bonchev–Trinajstić information content (AvgIpc) is 2.75. The maximum Gasteiger partial charge on any atom is 0.282 e. The molecule has 0 saturated carbocycles. The quantitative estimate of drug-likeness (QED) is 0.274. The molecule has 2 aromatic rings. The number of hydrogen-bond acceptors (Lipinski definition) is 7. The number of carbonyl (C=O) groups is 2. The first kappa shape index (κ1) is 22.3. The van der Waals surface area contributed by atoms with Crippen molar-refractivity contribution >= 4 is 40.9 Å². The predicted molar refractivity (Wildman–Crippen MR) is 113 cm³/mol. The summed E-state index contributed by atoms with van der Waals surface area (Å²) < 4.78 is 10.3. The van der Waals surface area contributed by atoms with Gasteiger partial charge in [-0.05, 0) is 42.1 Å². The predicted octanol–water partition coefficient (Wildman–Crippen LogP) is 1.96. The molecule has 0 aliphatic heterocycles. The minimum atomic E-state index is -0.778. The molecule has 0 radical (unpaired) electrons. The number of carbonyl (C=O) groups excluding carboxylic acids is 2. The average molecular weight is 430 g/mol. The smallest absolute Gasteiger partial charge is 0.282 e. The van der Waals surface area contributed by atoms with Crippen molar-refractivity contribution in [1.29, 1.82) is 0 Å². The van der Waals surface area contributed by atoms with Crippen molar-refractivity contribution < 1.29 is 24.0 Å². The summed E-state index contributed by atoms with van der Waals surface area (Å²) in [4.78, 5) is 34.4. The van der Waals surface area contributed by atoms with Crippen LogP contribution in [0.5, 0.6) is 11.5 Å². The summed E-state index contributed by atoms with van der Waals surface area (Å²) in [7, 11) is 3.02. The van der Waals surface area contributed by atoms with Crippen molar-refractivity contribution in [2.24, 2.45) is 0 Å². The number of thiocarbonyl (C=S) groups is 1. The normalized spacial score (nSPS) is 10.2. The number of nitro groups is 1. The Balaban J connectivity index is 1.91. The molecule has 3 N–H and O–H groups in total. The topological polar surface area (TPSA) is 132 Å². The zero-order valence-electron chi connectivity index (χ0n) is 16.0. The first-order valence-electron chi connectivity index (χ1n) is 8.40. The van der Waals surface area contributed by atoms with E-state index in [0.29, 0.717) is 17.1 Å². The van der Waals surface area contributed by atoms with E-state index < -0.39 is 16.7 Å². The molecule has 0 spiro atoms. The Kier molecular flexibility index (Phi) is 7.82. The first-order chi connectivity index (χ1) is 14.3. The van der Waals surface area contributed by atoms with E-state index in [1.807, 2.05) is 0 Å². The molecule has 0 aliphatic rings. The van der Waals surface area contributed by atoms with E-state index in [-0.39, 0.29) is 16.4 Å². The van der Waals surface area contributed by atoms with Gasteiger partial charge in [-0.3, -0.25) is 35.9 Å². The molecule has 0 fully saturated rings. The third-order valence-corrected chi connectivity index (χ3v) is 3.91. The number of methoxy groups -OCH3 is 2. The highest BCUT2D eigenvalue weighted by Gasteiger charge is 2.19. The molecule has 0 atom stereocenters. The third kappa shape index (κ3) is 6.01. The van der Waals surface area contributed by atoms with Crippen molar-refractivity contribution in [2.75, 3.05) is 14.2 Å². The number of ether oxygens (including phenoxy) is 2. The van der Waals surface area contributed by atoms with E-state index in [1.165, 1.54) is 50.6 Å². The Labute approximate surface area is 177 Å². The van der Waals surface area contributed by atoms with Gasteiger partial charge in [0.05, 0.1) is 19.1 Å². The molecule has 30 heavy (non-hydrogen) atoms. The molecular formula is C19H18N4O6S. The summed E-state index contributed by atoms with van der Waals surface area (Å²) >= 11 is 4.92. The van der Waals surface area contributed by atoms with E-state index in [9.17, 15) is 19.7 Å². The van der Waals surface area contributed by atoms with E-state index in [4.69, 9.17) is 21.7 Å². The van der Waals surface area contributed by atoms with Gasteiger partial charge in [-0.25, -0.2) is 0 Å². The first-order valence-corrected chi connectivity index (χ1v) is 8.81. The van der Waals surface area contributed by atoms with Gasteiger partial charge >= 0.3 is 0 Å². The molecular weight excluding hydrogens is 412 g/mol. The van der Waals surface area contributed by atoms with Gasteiger partial charge in [-0.1, -0.05) is 18.2 Å². The van der Waals surface area contributed by atoms with Crippen LogP contribution in [0.2, 0.25) is 0 Å². The Morgan fingerprint density at radius 1 is 1.07 bits per heavy atom. The lowest BCUT2D eigenvalue weighted by Gasteiger charge is -2.10. The summed E-state index contributed by atoms with van der Waals surface area (Å²) in [6.45, 7) is 0. The SMILES string of the molecule is COc1ccc(/C=C/C(=O)NC(=S)NNC(=O)c2ccccc2[N+](=O)[O-])cc1OC. The molecule has 0 heterocycles. The zero-order chi connectivity index (χ0) is 22.1. The van der Waals surface area contributed by atoms with Crippen molar-refractivity contribution in [2.45, 2.75) is 0 Å². The molecule has 0 aliphatic carbocycles. The van der Waals surface area contributed by atoms with Crippen LogP contribution in [0.15, 0.2) is 48.5 Å². The van der Waals surface area contributed by atoms with Crippen molar-refractivity contribution in [1.82, 2.24) is 16.2 Å². The molecule has 11 heteroatoms. The number of nitro benzene ring substituents is 1. The second-order valence-corrected chi connectivity index (χ2v) is 6.03. The van der Waals surface area contributed by atoms with Crippen molar-refractivity contribution in [3.05, 3.63) is 69.8 Å². The van der Waals surface area contributed by atoms with Crippen LogP contribution in [0.1, 0.15) is 15.9 Å². The fourth-order valence-electron chi connectivity index (χ4n) is 2.32. The highest BCUT2D eigenvalue weighted by atomic mass is 32.1. The van der Waals surface area contributed by atoms with Crippen LogP contribution in [0, 0.1) is 10.1 Å². The highest BCUT2D eigenvalue weighted by molar-refractivity contribution is 7.80. The molecule has 0 unspecified atom stereocenters. The van der Waals surface area contributed by atoms with Gasteiger partial charge in [-0.2, -0.15) is 0 Å². The number of para-hydroxylation sites is 1. The molecule has 2 amide bonds. The molecule has 2 rings (SSSR count). The third-order valence-electron chi connectivity index (χ3n) is 3.71. The maximum atomic E-state index is 12.1. The maximum absolute atomic E-state index is 12.1. The lowest BCUT2D eigenvalue weighted by Crippen LogP contribution is -2.48. The molecule has 156 valence electrons. The summed E-state index contributed by atoms with van der Waals surface area (Å²) in [5.74, 6) is -0.268. The summed E-state index contributed by atoms with van der Waals surface area (Å²) in [5.41, 5.74) is 4.69. The zero-order valence-corrected chi connectivity index (χ0v) is 16.8. The van der Waals surface area contributed by atoms with Gasteiger partial charge in [-0.15, -0.1) is 0 Å². The Morgan fingerprint density at radius 2 is 1.77 bits per heavy atom. The monoisotopic (exact) mass is 430 g/mol. The number of amides is 2. The number of hydrogen-bond donors (Lipinski definition) is 3. The van der Waals surface area contributed by atoms with Crippen molar-refractivity contribution in [3.8, 4) is 11.5 Å². The van der Waals surface area contributed by atoms with Gasteiger partial charge in [0.15, 0.2) is 16.6 Å². The van der Waals surface area contributed by atoms with E-state index in [0.717, 1.165) is 0 Å². The lowest BCUT2D eigenvalue weighted by atomic mass is 10.2. The van der Waals surface area contributed by atoms with Crippen LogP contribution in [-0.2, 0) is 4.79 Å². The second-order valence-electron chi connectivity index (χ2n) is 5.62. The van der Waals surface area contributed by atoms with Gasteiger partial charge in [0, 0.05) is 12.1 Å². The molecule has 0 saturated heterocycles. The number of benzene rings is 2. The van der Waals surface area contributed by atoms with Crippen LogP contribution >= 0.6 is 12.2 Å². The Bertz CT molecular complexity index is 1010. The van der Waals surface area contributed by atoms with Crippen LogP contribution in [0.3, 0.4) is 0 Å². The van der Waals surface area contributed by atoms with Crippen LogP contribution in [0.25, 0.3) is 6.08 Å². The van der Waals surface area contributed by atoms with Gasteiger partial charge < -0.3 is 9.47 Å². The van der Waals surface area contributed by atoms with Gasteiger partial charge in [0.1, 0.15) is 5.56 Å². The second kappa shape index (κ2) is 10.5. The van der Waals surface area contributed by atoms with Crippen LogP contribution < -0.4 is 25.6 Å².